The Hall–Kier alpha value is -3.29. The molecule has 0 radical (unpaired) electrons. The Balaban J connectivity index is 1.74. The van der Waals surface area contributed by atoms with Crippen LogP contribution in [-0.4, -0.2) is 0 Å². The van der Waals surface area contributed by atoms with E-state index in [9.17, 15) is 4.39 Å². The Morgan fingerprint density at radius 2 is 0.960 bits per heavy atom. The van der Waals surface area contributed by atoms with Crippen LogP contribution in [0.15, 0.2) is 66.7 Å². The minimum Gasteiger partial charge on any atom is -0.207 e. The highest BCUT2D eigenvalue weighted by atomic mass is 19.1. The van der Waals surface area contributed by atoms with Crippen LogP contribution in [0.4, 0.5) is 4.39 Å². The normalized spacial score (nSPS) is 9.56. The number of hydrogen-bond donors (Lipinski definition) is 0. The lowest BCUT2D eigenvalue weighted by molar-refractivity contribution is 0.618. The molecule has 0 fully saturated rings. The lowest BCUT2D eigenvalue weighted by Crippen LogP contribution is -1.84. The van der Waals surface area contributed by atoms with Gasteiger partial charge < -0.3 is 0 Å². The van der Waals surface area contributed by atoms with E-state index in [1.54, 1.807) is 13.0 Å². The summed E-state index contributed by atoms with van der Waals surface area (Å²) in [5.74, 6) is 12.1. The third-order valence-corrected chi connectivity index (χ3v) is 3.81. The molecule has 0 saturated carbocycles. The van der Waals surface area contributed by atoms with Gasteiger partial charge in [0.05, 0.1) is 0 Å². The predicted molar refractivity (Wildman–Crippen MR) is 101 cm³/mol. The number of aryl methyl sites for hydroxylation is 2. The molecule has 0 aliphatic carbocycles. The molecular weight excluding hydrogens is 307 g/mol. The third-order valence-electron chi connectivity index (χ3n) is 3.81. The molecule has 0 spiro atoms. The Labute approximate surface area is 148 Å². The maximum atomic E-state index is 13.5. The SMILES string of the molecule is Cc1ccc(C#Cc2ccc(C#Cc3ccc(C)c(F)c3)cc2)cc1. The summed E-state index contributed by atoms with van der Waals surface area (Å²) in [7, 11) is 0. The summed E-state index contributed by atoms with van der Waals surface area (Å²) in [5.41, 5.74) is 5.33. The molecule has 0 amide bonds. The molecule has 0 aliphatic heterocycles. The van der Waals surface area contributed by atoms with E-state index in [1.807, 2.05) is 42.5 Å². The second kappa shape index (κ2) is 7.52. The average Bonchev–Trinajstić information content (AvgIpc) is 2.63. The Morgan fingerprint density at radius 3 is 1.44 bits per heavy atom. The Bertz CT molecular complexity index is 1000. The fraction of sp³-hybridized carbons (Fsp3) is 0.0833. The molecule has 1 heteroatoms. The van der Waals surface area contributed by atoms with Crippen LogP contribution in [0.5, 0.6) is 0 Å². The summed E-state index contributed by atoms with van der Waals surface area (Å²) < 4.78 is 13.5. The first-order valence-corrected chi connectivity index (χ1v) is 8.07. The van der Waals surface area contributed by atoms with E-state index in [4.69, 9.17) is 0 Å². The Kier molecular flexibility index (Phi) is 4.98. The Morgan fingerprint density at radius 1 is 0.560 bits per heavy atom. The number of halogens is 1. The first kappa shape index (κ1) is 16.6. The van der Waals surface area contributed by atoms with Gasteiger partial charge in [0, 0.05) is 22.3 Å². The maximum Gasteiger partial charge on any atom is 0.127 e. The fourth-order valence-electron chi connectivity index (χ4n) is 2.23. The van der Waals surface area contributed by atoms with Crippen molar-refractivity contribution in [1.82, 2.24) is 0 Å². The highest BCUT2D eigenvalue weighted by molar-refractivity contribution is 5.48. The zero-order valence-corrected chi connectivity index (χ0v) is 14.2. The van der Waals surface area contributed by atoms with E-state index >= 15 is 0 Å². The molecule has 0 N–H and O–H groups in total. The first-order valence-electron chi connectivity index (χ1n) is 8.07. The monoisotopic (exact) mass is 324 g/mol. The second-order valence-corrected chi connectivity index (χ2v) is 5.91. The molecule has 120 valence electrons. The quantitative estimate of drug-likeness (QED) is 0.496. The molecule has 25 heavy (non-hydrogen) atoms. The lowest BCUT2D eigenvalue weighted by Gasteiger charge is -1.96. The van der Waals surface area contributed by atoms with Crippen molar-refractivity contribution in [3.8, 4) is 23.7 Å². The topological polar surface area (TPSA) is 0 Å². The molecule has 0 atom stereocenters. The van der Waals surface area contributed by atoms with Crippen LogP contribution in [0.3, 0.4) is 0 Å². The molecule has 0 bridgehead atoms. The maximum absolute atomic E-state index is 13.5. The van der Waals surface area contributed by atoms with Gasteiger partial charge in [-0.1, -0.05) is 47.4 Å². The van der Waals surface area contributed by atoms with Crippen molar-refractivity contribution >= 4 is 0 Å². The van der Waals surface area contributed by atoms with E-state index in [2.05, 4.69) is 42.7 Å². The molecule has 3 aromatic rings. The second-order valence-electron chi connectivity index (χ2n) is 5.91. The highest BCUT2D eigenvalue weighted by Gasteiger charge is 1.96. The minimum atomic E-state index is -0.228. The summed E-state index contributed by atoms with van der Waals surface area (Å²) in [5, 5.41) is 0. The number of hydrogen-bond acceptors (Lipinski definition) is 0. The van der Waals surface area contributed by atoms with Crippen molar-refractivity contribution in [1.29, 1.82) is 0 Å². The molecule has 0 heterocycles. The minimum absolute atomic E-state index is 0.228. The summed E-state index contributed by atoms with van der Waals surface area (Å²) in [6.45, 7) is 3.80. The van der Waals surface area contributed by atoms with Gasteiger partial charge in [0.1, 0.15) is 5.82 Å². The van der Waals surface area contributed by atoms with E-state index < -0.39 is 0 Å². The molecule has 3 rings (SSSR count). The van der Waals surface area contributed by atoms with Crippen LogP contribution in [0.1, 0.15) is 33.4 Å². The predicted octanol–water partition coefficient (Wildman–Crippen LogP) is 5.24. The first-order chi connectivity index (χ1) is 12.1. The molecule has 0 nitrogen and oxygen atoms in total. The van der Waals surface area contributed by atoms with Crippen molar-refractivity contribution < 1.29 is 4.39 Å². The summed E-state index contributed by atoms with van der Waals surface area (Å²) in [6.07, 6.45) is 0. The van der Waals surface area contributed by atoms with Crippen LogP contribution in [-0.2, 0) is 0 Å². The van der Waals surface area contributed by atoms with E-state index in [0.717, 1.165) is 16.7 Å². The number of rotatable bonds is 0. The lowest BCUT2D eigenvalue weighted by atomic mass is 10.1. The van der Waals surface area contributed by atoms with Crippen molar-refractivity contribution in [2.45, 2.75) is 13.8 Å². The van der Waals surface area contributed by atoms with Crippen molar-refractivity contribution in [3.63, 3.8) is 0 Å². The van der Waals surface area contributed by atoms with Crippen LogP contribution < -0.4 is 0 Å². The van der Waals surface area contributed by atoms with Crippen LogP contribution in [0, 0.1) is 43.3 Å². The summed E-state index contributed by atoms with van der Waals surface area (Å²) in [6, 6.07) is 20.9. The van der Waals surface area contributed by atoms with Crippen LogP contribution >= 0.6 is 0 Å². The van der Waals surface area contributed by atoms with Crippen LogP contribution in [0.25, 0.3) is 0 Å². The van der Waals surface area contributed by atoms with Crippen molar-refractivity contribution in [2.75, 3.05) is 0 Å². The summed E-state index contributed by atoms with van der Waals surface area (Å²) in [4.78, 5) is 0. The largest absolute Gasteiger partial charge is 0.207 e. The molecule has 0 aromatic heterocycles. The van der Waals surface area contributed by atoms with Crippen LogP contribution in [0.2, 0.25) is 0 Å². The third kappa shape index (κ3) is 4.60. The van der Waals surface area contributed by atoms with Gasteiger partial charge in [-0.3, -0.25) is 0 Å². The van der Waals surface area contributed by atoms with Gasteiger partial charge in [0.15, 0.2) is 0 Å². The van der Waals surface area contributed by atoms with E-state index in [0.29, 0.717) is 11.1 Å². The van der Waals surface area contributed by atoms with Crippen molar-refractivity contribution in [3.05, 3.63) is 106 Å². The average molecular weight is 324 g/mol. The zero-order valence-electron chi connectivity index (χ0n) is 14.2. The smallest absolute Gasteiger partial charge is 0.127 e. The molecule has 0 saturated heterocycles. The molecule has 0 unspecified atom stereocenters. The van der Waals surface area contributed by atoms with Gasteiger partial charge in [-0.25, -0.2) is 4.39 Å². The van der Waals surface area contributed by atoms with Gasteiger partial charge in [-0.2, -0.15) is 0 Å². The van der Waals surface area contributed by atoms with E-state index in [-0.39, 0.29) is 5.82 Å². The van der Waals surface area contributed by atoms with Gasteiger partial charge in [-0.15, -0.1) is 0 Å². The molecule has 3 aromatic carbocycles. The zero-order chi connectivity index (χ0) is 17.6. The van der Waals surface area contributed by atoms with Gasteiger partial charge >= 0.3 is 0 Å². The number of benzene rings is 3. The summed E-state index contributed by atoms with van der Waals surface area (Å²) >= 11 is 0. The highest BCUT2D eigenvalue weighted by Crippen LogP contribution is 2.09. The van der Waals surface area contributed by atoms with Gasteiger partial charge in [-0.05, 0) is 67.9 Å². The van der Waals surface area contributed by atoms with Gasteiger partial charge in [0.25, 0.3) is 0 Å². The van der Waals surface area contributed by atoms with Crippen molar-refractivity contribution in [2.24, 2.45) is 0 Å². The van der Waals surface area contributed by atoms with E-state index in [1.165, 1.54) is 11.6 Å². The molecular formula is C24H17F. The fourth-order valence-corrected chi connectivity index (χ4v) is 2.23. The standard InChI is InChI=1S/C24H17F/c1-18-3-6-20(7-4-18)9-10-21-11-13-22(14-12-21)15-16-23-8-5-19(2)24(25)17-23/h3-8,11-14,17H,1-2H3. The van der Waals surface area contributed by atoms with Gasteiger partial charge in [0.2, 0.25) is 0 Å². The molecule has 0 aliphatic rings.